The Kier molecular flexibility index (Phi) is 2.86. The fraction of sp³-hybridized carbons (Fsp3) is 0.385. The highest BCUT2D eigenvalue weighted by Crippen LogP contribution is 2.16. The Morgan fingerprint density at radius 2 is 1.86 bits per heavy atom. The molecule has 0 saturated carbocycles. The van der Waals surface area contributed by atoms with Crippen molar-refractivity contribution in [2.24, 2.45) is 5.41 Å². The van der Waals surface area contributed by atoms with Crippen molar-refractivity contribution < 1.29 is 5.11 Å². The van der Waals surface area contributed by atoms with Crippen molar-refractivity contribution in [3.8, 4) is 17.6 Å². The number of hydrogen-bond acceptors (Lipinski definition) is 1. The second kappa shape index (κ2) is 3.75. The maximum Gasteiger partial charge on any atom is 0.115 e. The first kappa shape index (κ1) is 10.7. The summed E-state index contributed by atoms with van der Waals surface area (Å²) in [4.78, 5) is 0. The molecule has 1 heteroatoms. The van der Waals surface area contributed by atoms with E-state index in [2.05, 4.69) is 32.6 Å². The summed E-state index contributed by atoms with van der Waals surface area (Å²) >= 11 is 0. The lowest BCUT2D eigenvalue weighted by Gasteiger charge is -2.07. The van der Waals surface area contributed by atoms with Gasteiger partial charge < -0.3 is 5.11 Å². The summed E-state index contributed by atoms with van der Waals surface area (Å²) in [7, 11) is 0. The third-order valence-electron chi connectivity index (χ3n) is 1.78. The SMILES string of the molecule is Cc1cc(O)ccc1C#CC(C)(C)C. The molecule has 0 aliphatic carbocycles. The minimum atomic E-state index is 0.0182. The Bertz CT molecular complexity index is 386. The van der Waals surface area contributed by atoms with Crippen molar-refractivity contribution in [3.05, 3.63) is 29.3 Å². The van der Waals surface area contributed by atoms with Crippen molar-refractivity contribution >= 4 is 0 Å². The quantitative estimate of drug-likeness (QED) is 0.620. The zero-order chi connectivity index (χ0) is 10.8. The van der Waals surface area contributed by atoms with Crippen LogP contribution < -0.4 is 0 Å². The summed E-state index contributed by atoms with van der Waals surface area (Å²) in [6, 6.07) is 5.25. The van der Waals surface area contributed by atoms with E-state index in [1.807, 2.05) is 13.0 Å². The molecule has 1 aromatic carbocycles. The third-order valence-corrected chi connectivity index (χ3v) is 1.78. The predicted molar refractivity (Wildman–Crippen MR) is 59.2 cm³/mol. The van der Waals surface area contributed by atoms with Crippen molar-refractivity contribution in [1.29, 1.82) is 0 Å². The molecule has 1 aromatic rings. The molecule has 0 aliphatic rings. The van der Waals surface area contributed by atoms with Crippen LogP contribution in [0.25, 0.3) is 0 Å². The summed E-state index contributed by atoms with van der Waals surface area (Å²) in [5.74, 6) is 6.58. The maximum atomic E-state index is 9.22. The highest BCUT2D eigenvalue weighted by molar-refractivity contribution is 5.44. The van der Waals surface area contributed by atoms with E-state index in [4.69, 9.17) is 0 Å². The monoisotopic (exact) mass is 188 g/mol. The van der Waals surface area contributed by atoms with E-state index in [0.717, 1.165) is 11.1 Å². The highest BCUT2D eigenvalue weighted by atomic mass is 16.3. The number of aromatic hydroxyl groups is 1. The topological polar surface area (TPSA) is 20.2 Å². The van der Waals surface area contributed by atoms with Crippen LogP contribution in [-0.2, 0) is 0 Å². The average Bonchev–Trinajstić information content (AvgIpc) is 2.00. The number of phenols is 1. The van der Waals surface area contributed by atoms with Crippen LogP contribution in [0.15, 0.2) is 18.2 Å². The second-order valence-corrected chi connectivity index (χ2v) is 4.50. The Morgan fingerprint density at radius 1 is 1.21 bits per heavy atom. The fourth-order valence-corrected chi connectivity index (χ4v) is 1.04. The number of rotatable bonds is 0. The summed E-state index contributed by atoms with van der Waals surface area (Å²) in [6.45, 7) is 8.19. The van der Waals surface area contributed by atoms with Gasteiger partial charge in [-0.3, -0.25) is 0 Å². The van der Waals surface area contributed by atoms with E-state index in [0.29, 0.717) is 5.75 Å². The van der Waals surface area contributed by atoms with Gasteiger partial charge in [0, 0.05) is 11.0 Å². The van der Waals surface area contributed by atoms with Crippen LogP contribution in [-0.4, -0.2) is 5.11 Å². The normalized spacial score (nSPS) is 10.6. The number of aryl methyl sites for hydroxylation is 1. The van der Waals surface area contributed by atoms with Gasteiger partial charge in [-0.15, -0.1) is 0 Å². The summed E-state index contributed by atoms with van der Waals surface area (Å²) in [5.41, 5.74) is 2.02. The first-order valence-corrected chi connectivity index (χ1v) is 4.71. The van der Waals surface area contributed by atoms with E-state index < -0.39 is 0 Å². The van der Waals surface area contributed by atoms with Crippen molar-refractivity contribution in [2.45, 2.75) is 27.7 Å². The molecule has 0 atom stereocenters. The summed E-state index contributed by atoms with van der Waals surface area (Å²) in [5, 5.41) is 9.22. The van der Waals surface area contributed by atoms with E-state index in [-0.39, 0.29) is 5.41 Å². The molecule has 0 amide bonds. The summed E-state index contributed by atoms with van der Waals surface area (Å²) in [6.07, 6.45) is 0. The molecule has 14 heavy (non-hydrogen) atoms. The smallest absolute Gasteiger partial charge is 0.115 e. The Hall–Kier alpha value is -1.42. The molecule has 74 valence electrons. The molecule has 0 radical (unpaired) electrons. The molecule has 0 heterocycles. The first-order chi connectivity index (χ1) is 6.38. The minimum Gasteiger partial charge on any atom is -0.508 e. The average molecular weight is 188 g/mol. The van der Waals surface area contributed by atoms with Crippen molar-refractivity contribution in [2.75, 3.05) is 0 Å². The molecule has 0 unspecified atom stereocenters. The Labute approximate surface area is 85.8 Å². The van der Waals surface area contributed by atoms with Crippen LogP contribution in [0.2, 0.25) is 0 Å². The van der Waals surface area contributed by atoms with Crippen LogP contribution in [0.5, 0.6) is 5.75 Å². The molecule has 0 spiro atoms. The molecule has 0 bridgehead atoms. The number of benzene rings is 1. The van der Waals surface area contributed by atoms with Crippen LogP contribution >= 0.6 is 0 Å². The van der Waals surface area contributed by atoms with Gasteiger partial charge in [0.1, 0.15) is 5.75 Å². The van der Waals surface area contributed by atoms with Crippen LogP contribution in [0.3, 0.4) is 0 Å². The van der Waals surface area contributed by atoms with E-state index in [1.54, 1.807) is 12.1 Å². The lowest BCUT2D eigenvalue weighted by Crippen LogP contribution is -1.99. The molecule has 0 saturated heterocycles. The third kappa shape index (κ3) is 3.14. The standard InChI is InChI=1S/C13H16O/c1-10-9-12(14)6-5-11(10)7-8-13(2,3)4/h5-6,9,14H,1-4H3. The fourth-order valence-electron chi connectivity index (χ4n) is 1.04. The van der Waals surface area contributed by atoms with Gasteiger partial charge in [-0.25, -0.2) is 0 Å². The molecule has 1 N–H and O–H groups in total. The maximum absolute atomic E-state index is 9.22. The van der Waals surface area contributed by atoms with Gasteiger partial charge in [0.2, 0.25) is 0 Å². The van der Waals surface area contributed by atoms with Crippen LogP contribution in [0.4, 0.5) is 0 Å². The molecule has 1 rings (SSSR count). The van der Waals surface area contributed by atoms with Crippen molar-refractivity contribution in [1.82, 2.24) is 0 Å². The van der Waals surface area contributed by atoms with Crippen molar-refractivity contribution in [3.63, 3.8) is 0 Å². The Balaban J connectivity index is 3.02. The van der Waals surface area contributed by atoms with Crippen LogP contribution in [0.1, 0.15) is 31.9 Å². The van der Waals surface area contributed by atoms with E-state index in [1.165, 1.54) is 0 Å². The molecule has 0 aliphatic heterocycles. The van der Waals surface area contributed by atoms with Gasteiger partial charge in [0.25, 0.3) is 0 Å². The van der Waals surface area contributed by atoms with E-state index >= 15 is 0 Å². The predicted octanol–water partition coefficient (Wildman–Crippen LogP) is 3.10. The molecule has 0 fully saturated rings. The van der Waals surface area contributed by atoms with Gasteiger partial charge in [-0.05, 0) is 51.5 Å². The van der Waals surface area contributed by atoms with Gasteiger partial charge in [-0.1, -0.05) is 11.8 Å². The molecular formula is C13H16O. The summed E-state index contributed by atoms with van der Waals surface area (Å²) < 4.78 is 0. The minimum absolute atomic E-state index is 0.0182. The largest absolute Gasteiger partial charge is 0.508 e. The molecule has 1 nitrogen and oxygen atoms in total. The number of phenolic OH excluding ortho intramolecular Hbond substituents is 1. The van der Waals surface area contributed by atoms with Gasteiger partial charge in [-0.2, -0.15) is 0 Å². The van der Waals surface area contributed by atoms with Gasteiger partial charge in [0.15, 0.2) is 0 Å². The van der Waals surface area contributed by atoms with E-state index in [9.17, 15) is 5.11 Å². The zero-order valence-electron chi connectivity index (χ0n) is 9.18. The zero-order valence-corrected chi connectivity index (χ0v) is 9.18. The first-order valence-electron chi connectivity index (χ1n) is 4.71. The highest BCUT2D eigenvalue weighted by Gasteiger charge is 2.04. The van der Waals surface area contributed by atoms with Gasteiger partial charge >= 0.3 is 0 Å². The lowest BCUT2D eigenvalue weighted by molar-refractivity contribution is 0.475. The number of hydrogen-bond donors (Lipinski definition) is 1. The Morgan fingerprint density at radius 3 is 2.36 bits per heavy atom. The van der Waals surface area contributed by atoms with Crippen LogP contribution in [0, 0.1) is 24.2 Å². The lowest BCUT2D eigenvalue weighted by atomic mass is 9.97. The molecular weight excluding hydrogens is 172 g/mol. The second-order valence-electron chi connectivity index (χ2n) is 4.50. The van der Waals surface area contributed by atoms with Gasteiger partial charge in [0.05, 0.1) is 0 Å². The molecule has 0 aromatic heterocycles.